The lowest BCUT2D eigenvalue weighted by atomic mass is 8.20. The lowest BCUT2D eigenvalue weighted by Crippen LogP contribution is -2.99. The number of carbonyl (C=O) groups excluding carboxylic acids is 3. The van der Waals surface area contributed by atoms with Gasteiger partial charge in [0.25, 0.3) is 5.91 Å². The van der Waals surface area contributed by atoms with Crippen LogP contribution in [-0.2, 0) is 9.47 Å². The number of carboxylic acid groups (broad SMARTS) is 1. The molecule has 8 rings (SSSR count). The molecule has 0 aliphatic carbocycles. The van der Waals surface area contributed by atoms with Gasteiger partial charge in [-0.1, -0.05) is 14.9 Å². The highest BCUT2D eigenvalue weighted by Gasteiger charge is 2.67. The van der Waals surface area contributed by atoms with Gasteiger partial charge in [-0.05, 0) is 111 Å². The Hall–Kier alpha value is 0.465. The third-order valence-corrected chi connectivity index (χ3v) is 30.2. The van der Waals surface area contributed by atoms with E-state index in [1.165, 1.54) is 28.1 Å². The van der Waals surface area contributed by atoms with Gasteiger partial charge in [0, 0.05) is 638 Å². The summed E-state index contributed by atoms with van der Waals surface area (Å²) in [5.74, 6) is -1.24. The number of thiazole rings is 2. The highest BCUT2D eigenvalue weighted by atomic mass is 79.9. The first-order valence-electron chi connectivity index (χ1n) is 46.1. The Kier molecular flexibility index (Phi) is 59.1. The minimum atomic E-state index is -1.89. The fourth-order valence-corrected chi connectivity index (χ4v) is 23.7. The standard InChI is InChI=1S/C21H26BrN5O3S.C17H26N4O2.C4H2BrNO2S.2CH4.B78/c1-20(2,3)30-19(29)27-12-21(13-27)5-8-26(9-6-21)16-4-7-23-10-14(16)24-17(28)15-11-31-18(22)25-15;1-16(2,3)23-15(22)21-11-17(12-21)5-8-20(9-6-17)14-4-7-19-10-13(14)18;5-4-6-2(1-9-4)3(7)8;;;1-41(2)61(42(3)4)71(62(43(5)6)44(7)8)76(72(63(45(9)10)46(11)12)64(47(13)14)48(15)16)78(75(69(57(33)34)58(35)36)70(59(37)38)60(39)40)77(73(65(49(17)18)50(19)20)66(51(21)22)52(23)24)74(67(53(25)26)54(27)28)68(55(29)30)56(31)32/h4,7,10-11H,5-6,8-9,12-13H2,1-3H3,(H,24,28);4,7,10H,5-6,8-9,11-12,18H2,1-3H3;1H,(H,7,8);2*1H4;. The van der Waals surface area contributed by atoms with Crippen molar-refractivity contribution in [3.05, 3.63) is 66.9 Å². The first-order chi connectivity index (χ1) is 65.0. The average Bonchev–Trinajstić information content (AvgIpc) is 1.00. The number of rotatable bonds is 42. The number of amides is 3. The molecule has 4 aliphatic heterocycles. The van der Waals surface area contributed by atoms with Gasteiger partial charge in [-0.2, -0.15) is 0 Å². The van der Waals surface area contributed by atoms with Crippen LogP contribution in [0.25, 0.3) is 0 Å². The van der Waals surface area contributed by atoms with E-state index >= 15 is 0 Å². The van der Waals surface area contributed by atoms with E-state index in [1.54, 1.807) is 35.1 Å². The van der Waals surface area contributed by atoms with E-state index in [4.69, 9.17) is 330 Å². The maximum Gasteiger partial charge on any atom is 0.410 e. The van der Waals surface area contributed by atoms with Gasteiger partial charge in [-0.15, -0.1) is 22.7 Å². The van der Waals surface area contributed by atoms with Crippen LogP contribution in [0.4, 0.5) is 32.3 Å². The van der Waals surface area contributed by atoms with Crippen molar-refractivity contribution >= 4 is 653 Å². The van der Waals surface area contributed by atoms with Crippen molar-refractivity contribution in [1.29, 1.82) is 0 Å². The molecule has 17 nitrogen and oxygen atoms in total. The molecule has 0 aromatic carbocycles. The molecule has 4 saturated heterocycles. The number of likely N-dealkylation sites (tertiary alicyclic amines) is 2. The van der Waals surface area contributed by atoms with Crippen molar-refractivity contribution in [2.24, 2.45) is 10.8 Å². The van der Waals surface area contributed by atoms with Crippen LogP contribution in [0.2, 0.25) is 0 Å². The number of carbonyl (C=O) groups is 4. The molecule has 99 heteroatoms. The van der Waals surface area contributed by atoms with Gasteiger partial charge in [0.05, 0.1) is 35.1 Å². The molecule has 3 amide bonds. The Labute approximate surface area is 951 Å². The summed E-state index contributed by atoms with van der Waals surface area (Å²) in [6.45, 7) is 18.1. The number of halogens is 2. The van der Waals surface area contributed by atoms with Crippen LogP contribution in [0.5, 0.6) is 0 Å². The number of anilines is 4. The minimum Gasteiger partial charge on any atom is -0.476 e. The second-order valence-corrected chi connectivity index (χ2v) is 44.4. The summed E-state index contributed by atoms with van der Waals surface area (Å²) in [7, 11) is 274. The van der Waals surface area contributed by atoms with Gasteiger partial charge in [0.2, 0.25) is 0 Å². The van der Waals surface area contributed by atoms with E-state index in [-0.39, 0.29) is 49.5 Å². The summed E-state index contributed by atoms with van der Waals surface area (Å²) in [5.41, 5.74) is 9.43. The molecule has 4 N–H and O–H groups in total. The summed E-state index contributed by atoms with van der Waals surface area (Å²) in [6.07, 6.45) is -52.5. The number of aromatic carboxylic acids is 1. The Morgan fingerprint density at radius 1 is 0.357 bits per heavy atom. The number of carboxylic acids is 1. The Bertz CT molecular complexity index is 4080. The van der Waals surface area contributed by atoms with Crippen LogP contribution >= 0.6 is 54.5 Å². The molecule has 0 unspecified atom stereocenters. The first-order valence-corrected chi connectivity index (χ1v) is 49.5. The third kappa shape index (κ3) is 38.4. The summed E-state index contributed by atoms with van der Waals surface area (Å²) >= 11 is 8.96. The van der Waals surface area contributed by atoms with Gasteiger partial charge in [-0.25, -0.2) is 24.4 Å². The second kappa shape index (κ2) is 61.4. The second-order valence-electron chi connectivity index (χ2n) is 40.1. The zero-order chi connectivity index (χ0) is 108. The van der Waals surface area contributed by atoms with E-state index in [0.717, 1.165) is 95.1 Å². The molecule has 8 heterocycles. The molecule has 80 radical (unpaired) electrons. The highest BCUT2D eigenvalue weighted by molar-refractivity contribution is 9.11. The molecular formula is C44H62B78Br2N10O7S2. The Balaban J connectivity index is 0.000000639. The van der Waals surface area contributed by atoms with Crippen molar-refractivity contribution in [3.8, 4) is 0 Å². The molecule has 0 atom stereocenters. The molecular weight excluding hydrogens is 1850 g/mol. The molecule has 4 aromatic heterocycles. The van der Waals surface area contributed by atoms with Crippen molar-refractivity contribution in [2.45, 2.75) is 93.3 Å². The monoisotopic (exact) mass is 1920 g/mol. The lowest BCUT2D eigenvalue weighted by Gasteiger charge is -2.61. The third-order valence-electron chi connectivity index (χ3n) is 27.5. The van der Waals surface area contributed by atoms with Crippen LogP contribution in [0, 0.1) is 10.8 Å². The first kappa shape index (κ1) is 138. The fraction of sp³-hybridized carbons (Fsp3) is 0.545. The summed E-state index contributed by atoms with van der Waals surface area (Å²) in [4.78, 5) is 71.3. The Morgan fingerprint density at radius 3 is 0.762 bits per heavy atom. The number of nitrogens with one attached hydrogen (secondary N) is 1. The predicted octanol–water partition coefficient (Wildman–Crippen LogP) is -19.9. The van der Waals surface area contributed by atoms with Gasteiger partial charge >= 0.3 is 18.2 Å². The van der Waals surface area contributed by atoms with Gasteiger partial charge in [0.1, 0.15) is 16.9 Å². The van der Waals surface area contributed by atoms with Gasteiger partial charge < -0.3 is 45.2 Å². The van der Waals surface area contributed by atoms with Crippen LogP contribution in [0.15, 0.2) is 55.5 Å². The predicted molar refractivity (Wildman–Crippen MR) is 713 cm³/mol. The molecule has 2 spiro atoms. The van der Waals surface area contributed by atoms with Crippen molar-refractivity contribution < 1.29 is 33.8 Å². The maximum absolute atomic E-state index is 12.5. The zero-order valence-corrected chi connectivity index (χ0v) is 86.1. The summed E-state index contributed by atoms with van der Waals surface area (Å²) in [6, 6.07) is 3.90. The van der Waals surface area contributed by atoms with Gasteiger partial charge in [-0.3, -0.25) is 14.8 Å². The normalized spacial score (nSPS) is 13.1. The molecule has 0 saturated carbocycles. The maximum atomic E-state index is 12.5. The van der Waals surface area contributed by atoms with Crippen LogP contribution in [0.3, 0.4) is 0 Å². The smallest absolute Gasteiger partial charge is 0.410 e. The zero-order valence-electron chi connectivity index (χ0n) is 81.3. The van der Waals surface area contributed by atoms with E-state index in [0.29, 0.717) is 19.2 Å². The summed E-state index contributed by atoms with van der Waals surface area (Å²) in [5, 5.41) is 14.5. The number of aromatic nitrogens is 4. The topological polar surface area (TPSA) is 210 Å². The number of nitrogens with zero attached hydrogens (tertiary/aromatic N) is 8. The number of hydrogen-bond acceptors (Lipinski definition) is 15. The average molecular weight is 1910 g/mol. The Morgan fingerprint density at radius 2 is 0.566 bits per heavy atom. The van der Waals surface area contributed by atoms with Crippen LogP contribution in [0.1, 0.15) is 103 Å². The van der Waals surface area contributed by atoms with E-state index in [2.05, 4.69) is 66.9 Å². The molecule has 143 heavy (non-hydrogen) atoms. The van der Waals surface area contributed by atoms with Crippen molar-refractivity contribution in [1.82, 2.24) is 29.7 Å². The number of ether oxygens (including phenoxy) is 2. The van der Waals surface area contributed by atoms with Gasteiger partial charge in [0.15, 0.2) is 13.5 Å². The van der Waals surface area contributed by atoms with Crippen molar-refractivity contribution in [2.75, 3.05) is 73.2 Å². The van der Waals surface area contributed by atoms with Crippen LogP contribution in [-0.4, -0.2) is 675 Å². The number of nitrogens with two attached hydrogens (primary N) is 1. The quantitative estimate of drug-likeness (QED) is 0.0353. The lowest BCUT2D eigenvalue weighted by molar-refractivity contribution is -0.0437. The largest absolute Gasteiger partial charge is 0.476 e. The van der Waals surface area contributed by atoms with Crippen LogP contribution < -0.4 is 20.9 Å². The number of piperidine rings is 2. The highest BCUT2D eigenvalue weighted by Crippen LogP contribution is 2.45. The molecule has 0 bridgehead atoms. The SMILES string of the molecule is C.C.CC(C)(C)OC(=O)N1CC2(CCN(c3ccncc3N)CC2)C1.CC(C)(C)OC(=O)N1CC2(CCN(c3ccncc3NC(=O)c3csc(Br)n3)CC2)C1.O=C(O)c1csc(Br)n1.[B]B([B])B(B([B])[B])B(B(B([B])[B])B([B])[B])B(B(B(B([B])[B])B([B])[B])B(B([B])[B])B([B])[B])B(B(B(B([B])[B])B([B])[B])B(B([B])[B])B([B])[B])B(B(B(B([B])[B])B([B])[B])B(B([B])[B])B([B])[B])B(B(B([B])[B])B([B])[B])B(B([B])[B])B([B])[B]. The fourth-order valence-electron chi connectivity index (χ4n) is 21.7. The minimum absolute atomic E-state index is 0. The number of hydrogen-bond donors (Lipinski definition) is 3. The van der Waals surface area contributed by atoms with Crippen molar-refractivity contribution in [3.63, 3.8) is 0 Å². The number of nitrogen functional groups attached to an aromatic ring is 1. The number of pyridine rings is 2. The van der Waals surface area contributed by atoms with E-state index in [1.807, 2.05) is 58.6 Å². The van der Waals surface area contributed by atoms with E-state index in [9.17, 15) is 19.2 Å². The summed E-state index contributed by atoms with van der Waals surface area (Å²) < 4.78 is 12.2. The molecule has 590 valence electrons. The molecule has 4 aromatic rings. The van der Waals surface area contributed by atoms with E-state index < -0.39 is 260 Å². The molecule has 4 aliphatic rings. The molecule has 4 fully saturated rings.